The van der Waals surface area contributed by atoms with Gasteiger partial charge in [0, 0.05) is 5.56 Å². The van der Waals surface area contributed by atoms with Crippen LogP contribution in [0.15, 0.2) is 42.5 Å². The van der Waals surface area contributed by atoms with Crippen LogP contribution >= 0.6 is 0 Å². The van der Waals surface area contributed by atoms with Crippen LogP contribution in [0.2, 0.25) is 0 Å². The second-order valence-corrected chi connectivity index (χ2v) is 4.49. The van der Waals surface area contributed by atoms with Crippen molar-refractivity contribution in [3.05, 3.63) is 59.2 Å². The van der Waals surface area contributed by atoms with Crippen molar-refractivity contribution in [1.82, 2.24) is 0 Å². The fraction of sp³-hybridized carbons (Fsp3) is 0.188. The molecule has 2 aromatic rings. The molecule has 0 fully saturated rings. The number of aryl methyl sites for hydroxylation is 1. The van der Waals surface area contributed by atoms with Crippen LogP contribution in [0.1, 0.15) is 16.7 Å². The molecule has 0 amide bonds. The zero-order valence-corrected chi connectivity index (χ0v) is 11.6. The van der Waals surface area contributed by atoms with Gasteiger partial charge in [-0.25, -0.2) is 0 Å². The maximum absolute atomic E-state index is 7.42. The van der Waals surface area contributed by atoms with Crippen LogP contribution in [0.4, 0.5) is 0 Å². The summed E-state index contributed by atoms with van der Waals surface area (Å²) < 4.78 is 11.0. The van der Waals surface area contributed by atoms with Gasteiger partial charge in [-0.05, 0) is 36.2 Å². The monoisotopic (exact) mass is 270 g/mol. The van der Waals surface area contributed by atoms with Gasteiger partial charge < -0.3 is 15.2 Å². The Morgan fingerprint density at radius 1 is 1.15 bits per heavy atom. The Kier molecular flexibility index (Phi) is 4.25. The Morgan fingerprint density at radius 2 is 1.85 bits per heavy atom. The Bertz CT molecular complexity index is 624. The normalized spacial score (nSPS) is 10.1. The molecular weight excluding hydrogens is 252 g/mol. The SMILES string of the molecule is COc1ccccc1OCc1ccc(C(=N)N)cc1C. The largest absolute Gasteiger partial charge is 0.493 e. The standard InChI is InChI=1S/C16H18N2O2/c1-11-9-12(16(17)18)7-8-13(11)10-20-15-6-4-3-5-14(15)19-2/h3-9H,10H2,1-2H3,(H3,17,18). The fourth-order valence-corrected chi connectivity index (χ4v) is 1.92. The van der Waals surface area contributed by atoms with Gasteiger partial charge in [0.25, 0.3) is 0 Å². The van der Waals surface area contributed by atoms with Crippen LogP contribution in [0, 0.1) is 12.3 Å². The van der Waals surface area contributed by atoms with Crippen LogP contribution < -0.4 is 15.2 Å². The van der Waals surface area contributed by atoms with E-state index in [-0.39, 0.29) is 5.84 Å². The number of ether oxygens (including phenoxy) is 2. The minimum atomic E-state index is 0.0743. The Labute approximate surface area is 118 Å². The smallest absolute Gasteiger partial charge is 0.161 e. The molecule has 4 nitrogen and oxygen atoms in total. The number of amidine groups is 1. The van der Waals surface area contributed by atoms with Gasteiger partial charge in [-0.15, -0.1) is 0 Å². The van der Waals surface area contributed by atoms with E-state index in [1.165, 1.54) is 0 Å². The van der Waals surface area contributed by atoms with E-state index in [1.807, 2.05) is 49.4 Å². The van der Waals surface area contributed by atoms with E-state index in [2.05, 4.69) is 0 Å². The molecule has 0 aliphatic carbocycles. The van der Waals surface area contributed by atoms with E-state index in [9.17, 15) is 0 Å². The lowest BCUT2D eigenvalue weighted by Gasteiger charge is -2.12. The zero-order valence-electron chi connectivity index (χ0n) is 11.6. The summed E-state index contributed by atoms with van der Waals surface area (Å²) in [5, 5.41) is 7.42. The molecule has 0 aliphatic heterocycles. The summed E-state index contributed by atoms with van der Waals surface area (Å²) in [4.78, 5) is 0. The molecule has 0 radical (unpaired) electrons. The summed E-state index contributed by atoms with van der Waals surface area (Å²) in [6.07, 6.45) is 0. The average molecular weight is 270 g/mol. The third kappa shape index (κ3) is 3.09. The highest BCUT2D eigenvalue weighted by Crippen LogP contribution is 2.27. The van der Waals surface area contributed by atoms with E-state index in [4.69, 9.17) is 20.6 Å². The second-order valence-electron chi connectivity index (χ2n) is 4.49. The Hall–Kier alpha value is -2.49. The number of benzene rings is 2. The first-order valence-corrected chi connectivity index (χ1v) is 6.31. The highest BCUT2D eigenvalue weighted by Gasteiger charge is 2.06. The van der Waals surface area contributed by atoms with E-state index in [0.29, 0.717) is 18.1 Å². The van der Waals surface area contributed by atoms with Gasteiger partial charge in [0.15, 0.2) is 11.5 Å². The van der Waals surface area contributed by atoms with E-state index < -0.39 is 0 Å². The van der Waals surface area contributed by atoms with E-state index in [1.54, 1.807) is 7.11 Å². The molecule has 0 aromatic heterocycles. The van der Waals surface area contributed by atoms with Crippen molar-refractivity contribution >= 4 is 5.84 Å². The first-order valence-electron chi connectivity index (χ1n) is 6.31. The number of nitrogen functional groups attached to an aromatic ring is 1. The molecule has 0 atom stereocenters. The van der Waals surface area contributed by atoms with Gasteiger partial charge in [0.1, 0.15) is 12.4 Å². The minimum absolute atomic E-state index is 0.0743. The second kappa shape index (κ2) is 6.10. The zero-order chi connectivity index (χ0) is 14.5. The fourth-order valence-electron chi connectivity index (χ4n) is 1.92. The summed E-state index contributed by atoms with van der Waals surface area (Å²) in [5.41, 5.74) is 8.30. The van der Waals surface area contributed by atoms with Gasteiger partial charge in [-0.2, -0.15) is 0 Å². The number of rotatable bonds is 5. The van der Waals surface area contributed by atoms with Crippen molar-refractivity contribution in [3.8, 4) is 11.5 Å². The summed E-state index contributed by atoms with van der Waals surface area (Å²) in [6.45, 7) is 2.43. The summed E-state index contributed by atoms with van der Waals surface area (Å²) in [7, 11) is 1.62. The number of para-hydroxylation sites is 2. The lowest BCUT2D eigenvalue weighted by molar-refractivity contribution is 0.284. The maximum atomic E-state index is 7.42. The Morgan fingerprint density at radius 3 is 2.45 bits per heavy atom. The molecule has 20 heavy (non-hydrogen) atoms. The van der Waals surface area contributed by atoms with E-state index >= 15 is 0 Å². The first-order chi connectivity index (χ1) is 9.61. The predicted octanol–water partition coefficient (Wildman–Crippen LogP) is 2.87. The molecule has 2 aromatic carbocycles. The lowest BCUT2D eigenvalue weighted by atomic mass is 10.1. The van der Waals surface area contributed by atoms with Crippen molar-refractivity contribution in [2.24, 2.45) is 5.73 Å². The van der Waals surface area contributed by atoms with Crippen LogP contribution in [-0.2, 0) is 6.61 Å². The van der Waals surface area contributed by atoms with Crippen molar-refractivity contribution in [2.75, 3.05) is 7.11 Å². The third-order valence-corrected chi connectivity index (χ3v) is 3.11. The molecule has 0 spiro atoms. The van der Waals surface area contributed by atoms with Crippen LogP contribution in [0.25, 0.3) is 0 Å². The number of nitrogens with two attached hydrogens (primary N) is 1. The molecule has 0 unspecified atom stereocenters. The summed E-state index contributed by atoms with van der Waals surface area (Å²) in [6, 6.07) is 13.2. The topological polar surface area (TPSA) is 68.3 Å². The molecule has 0 bridgehead atoms. The van der Waals surface area contributed by atoms with Crippen LogP contribution in [0.5, 0.6) is 11.5 Å². The minimum Gasteiger partial charge on any atom is -0.493 e. The number of methoxy groups -OCH3 is 1. The molecule has 104 valence electrons. The molecule has 2 rings (SSSR count). The summed E-state index contributed by atoms with van der Waals surface area (Å²) >= 11 is 0. The third-order valence-electron chi connectivity index (χ3n) is 3.11. The number of hydrogen-bond acceptors (Lipinski definition) is 3. The number of nitrogens with one attached hydrogen (secondary N) is 1. The molecule has 0 aliphatic rings. The van der Waals surface area contributed by atoms with Crippen molar-refractivity contribution < 1.29 is 9.47 Å². The molecule has 0 heterocycles. The Balaban J connectivity index is 2.13. The highest BCUT2D eigenvalue weighted by atomic mass is 16.5. The quantitative estimate of drug-likeness (QED) is 0.648. The molecule has 3 N–H and O–H groups in total. The van der Waals surface area contributed by atoms with Gasteiger partial charge in [-0.1, -0.05) is 24.3 Å². The summed E-state index contributed by atoms with van der Waals surface area (Å²) in [5.74, 6) is 1.50. The molecule has 0 saturated carbocycles. The van der Waals surface area contributed by atoms with Crippen LogP contribution in [0.3, 0.4) is 0 Å². The van der Waals surface area contributed by atoms with Gasteiger partial charge in [-0.3, -0.25) is 5.41 Å². The van der Waals surface area contributed by atoms with Gasteiger partial charge in [0.05, 0.1) is 7.11 Å². The van der Waals surface area contributed by atoms with Crippen LogP contribution in [-0.4, -0.2) is 12.9 Å². The average Bonchev–Trinajstić information content (AvgIpc) is 2.46. The first kappa shape index (κ1) is 13.9. The predicted molar refractivity (Wildman–Crippen MR) is 79.5 cm³/mol. The van der Waals surface area contributed by atoms with Crippen molar-refractivity contribution in [2.45, 2.75) is 13.5 Å². The highest BCUT2D eigenvalue weighted by molar-refractivity contribution is 5.95. The van der Waals surface area contributed by atoms with Gasteiger partial charge in [0.2, 0.25) is 0 Å². The molecule has 0 saturated heterocycles. The number of hydrogen-bond donors (Lipinski definition) is 2. The molecular formula is C16H18N2O2. The van der Waals surface area contributed by atoms with Crippen molar-refractivity contribution in [1.29, 1.82) is 5.41 Å². The van der Waals surface area contributed by atoms with E-state index in [0.717, 1.165) is 16.7 Å². The van der Waals surface area contributed by atoms with Crippen molar-refractivity contribution in [3.63, 3.8) is 0 Å². The lowest BCUT2D eigenvalue weighted by Crippen LogP contribution is -2.11. The van der Waals surface area contributed by atoms with Gasteiger partial charge >= 0.3 is 0 Å². The molecule has 4 heteroatoms. The maximum Gasteiger partial charge on any atom is 0.161 e.